The van der Waals surface area contributed by atoms with Crippen molar-refractivity contribution >= 4 is 34.7 Å². The van der Waals surface area contributed by atoms with Crippen molar-refractivity contribution in [1.82, 2.24) is 0 Å². The highest BCUT2D eigenvalue weighted by atomic mass is 35.5. The van der Waals surface area contributed by atoms with E-state index in [4.69, 9.17) is 17.3 Å². The van der Waals surface area contributed by atoms with Crippen molar-refractivity contribution < 1.29 is 0 Å². The number of aryl methyl sites for hydroxylation is 1. The molecule has 4 heteroatoms. The monoisotopic (exact) mass is 283 g/mol. The van der Waals surface area contributed by atoms with Crippen LogP contribution in [0, 0.1) is 6.92 Å². The minimum atomic E-state index is 0.287. The van der Waals surface area contributed by atoms with Gasteiger partial charge in [-0.2, -0.15) is 0 Å². The molecule has 0 aliphatic rings. The van der Waals surface area contributed by atoms with Crippen LogP contribution >= 0.6 is 34.7 Å². The van der Waals surface area contributed by atoms with Gasteiger partial charge in [0.2, 0.25) is 0 Å². The molecule has 1 unspecified atom stereocenters. The largest absolute Gasteiger partial charge is 0.329 e. The van der Waals surface area contributed by atoms with Crippen LogP contribution < -0.4 is 5.73 Å². The van der Waals surface area contributed by atoms with Crippen LogP contribution in [0.2, 0.25) is 4.34 Å². The number of thioether (sulfide) groups is 1. The lowest BCUT2D eigenvalue weighted by atomic mass is 10.2. The molecule has 0 fully saturated rings. The van der Waals surface area contributed by atoms with E-state index in [1.807, 2.05) is 6.07 Å². The summed E-state index contributed by atoms with van der Waals surface area (Å²) >= 11 is 9.35. The van der Waals surface area contributed by atoms with Crippen LogP contribution in [0.25, 0.3) is 0 Å². The van der Waals surface area contributed by atoms with Crippen molar-refractivity contribution in [2.75, 3.05) is 6.54 Å². The lowest BCUT2D eigenvalue weighted by molar-refractivity contribution is 0.960. The number of rotatable bonds is 4. The molecule has 0 amide bonds. The molecule has 90 valence electrons. The molecule has 1 aromatic carbocycles. The fourth-order valence-corrected chi connectivity index (χ4v) is 3.76. The Morgan fingerprint density at radius 3 is 2.47 bits per heavy atom. The predicted molar refractivity (Wildman–Crippen MR) is 78.2 cm³/mol. The number of nitrogens with two attached hydrogens (primary N) is 1. The van der Waals surface area contributed by atoms with Gasteiger partial charge in [-0.1, -0.05) is 29.3 Å². The third kappa shape index (κ3) is 3.49. The Hall–Kier alpha value is -0.480. The third-order valence-corrected chi connectivity index (χ3v) is 5.19. The summed E-state index contributed by atoms with van der Waals surface area (Å²) in [4.78, 5) is 2.48. The predicted octanol–water partition coefficient (Wildman–Crippen LogP) is 4.50. The summed E-state index contributed by atoms with van der Waals surface area (Å²) in [6, 6.07) is 12.5. The van der Waals surface area contributed by atoms with E-state index in [1.165, 1.54) is 15.3 Å². The highest BCUT2D eigenvalue weighted by molar-refractivity contribution is 7.99. The second kappa shape index (κ2) is 5.91. The summed E-state index contributed by atoms with van der Waals surface area (Å²) in [5, 5.41) is 0.287. The first-order valence-corrected chi connectivity index (χ1v) is 7.45. The van der Waals surface area contributed by atoms with Gasteiger partial charge in [0, 0.05) is 16.3 Å². The number of hydrogen-bond acceptors (Lipinski definition) is 3. The molecule has 0 saturated heterocycles. The summed E-state index contributed by atoms with van der Waals surface area (Å²) < 4.78 is 0.822. The molecule has 17 heavy (non-hydrogen) atoms. The maximum absolute atomic E-state index is 5.95. The van der Waals surface area contributed by atoms with E-state index in [0.717, 1.165) is 4.34 Å². The molecule has 0 saturated carbocycles. The van der Waals surface area contributed by atoms with E-state index < -0.39 is 0 Å². The average molecular weight is 284 g/mol. The molecular formula is C13H14ClNS2. The fourth-order valence-electron chi connectivity index (χ4n) is 1.50. The van der Waals surface area contributed by atoms with Gasteiger partial charge in [-0.15, -0.1) is 23.1 Å². The van der Waals surface area contributed by atoms with Gasteiger partial charge in [-0.05, 0) is 31.2 Å². The SMILES string of the molecule is Cc1ccc(SC(CN)c2ccc(Cl)s2)cc1. The molecular weight excluding hydrogens is 270 g/mol. The standard InChI is InChI=1S/C13H14ClNS2/c1-9-2-4-10(5-3-9)16-12(8-15)11-6-7-13(14)17-11/h2-7,12H,8,15H2,1H3. The van der Waals surface area contributed by atoms with E-state index in [9.17, 15) is 0 Å². The molecule has 2 rings (SSSR count). The van der Waals surface area contributed by atoms with E-state index in [-0.39, 0.29) is 5.25 Å². The van der Waals surface area contributed by atoms with Gasteiger partial charge in [-0.25, -0.2) is 0 Å². The summed E-state index contributed by atoms with van der Waals surface area (Å²) in [5.41, 5.74) is 7.11. The lowest BCUT2D eigenvalue weighted by Crippen LogP contribution is -2.07. The molecule has 0 bridgehead atoms. The van der Waals surface area contributed by atoms with Crippen LogP contribution in [0.1, 0.15) is 15.7 Å². The van der Waals surface area contributed by atoms with Gasteiger partial charge in [0.15, 0.2) is 0 Å². The van der Waals surface area contributed by atoms with Crippen molar-refractivity contribution in [2.45, 2.75) is 17.1 Å². The van der Waals surface area contributed by atoms with Crippen molar-refractivity contribution in [3.8, 4) is 0 Å². The zero-order valence-corrected chi connectivity index (χ0v) is 11.9. The van der Waals surface area contributed by atoms with Crippen LogP contribution in [0.5, 0.6) is 0 Å². The van der Waals surface area contributed by atoms with E-state index in [1.54, 1.807) is 23.1 Å². The van der Waals surface area contributed by atoms with Crippen LogP contribution in [-0.2, 0) is 0 Å². The average Bonchev–Trinajstić information content (AvgIpc) is 2.75. The normalized spacial score (nSPS) is 12.6. The van der Waals surface area contributed by atoms with Gasteiger partial charge < -0.3 is 5.73 Å². The Labute approximate surface area is 115 Å². The summed E-state index contributed by atoms with van der Waals surface area (Å²) in [5.74, 6) is 0. The highest BCUT2D eigenvalue weighted by Crippen LogP contribution is 2.38. The Morgan fingerprint density at radius 2 is 1.94 bits per heavy atom. The molecule has 0 aliphatic carbocycles. The molecule has 1 nitrogen and oxygen atoms in total. The number of thiophene rings is 1. The fraction of sp³-hybridized carbons (Fsp3) is 0.231. The van der Waals surface area contributed by atoms with Crippen LogP contribution in [0.3, 0.4) is 0 Å². The van der Waals surface area contributed by atoms with Crippen molar-refractivity contribution in [1.29, 1.82) is 0 Å². The smallest absolute Gasteiger partial charge is 0.0931 e. The van der Waals surface area contributed by atoms with Gasteiger partial charge in [0.05, 0.1) is 9.59 Å². The first-order chi connectivity index (χ1) is 8.19. The van der Waals surface area contributed by atoms with Gasteiger partial charge in [0.1, 0.15) is 0 Å². The maximum Gasteiger partial charge on any atom is 0.0931 e. The molecule has 1 atom stereocenters. The molecule has 1 aromatic heterocycles. The number of hydrogen-bond donors (Lipinski definition) is 1. The quantitative estimate of drug-likeness (QED) is 0.836. The topological polar surface area (TPSA) is 26.0 Å². The second-order valence-corrected chi connectivity index (χ2v) is 6.82. The molecule has 0 aliphatic heterocycles. The van der Waals surface area contributed by atoms with Crippen molar-refractivity contribution in [3.05, 3.63) is 51.2 Å². The van der Waals surface area contributed by atoms with E-state index in [0.29, 0.717) is 6.54 Å². The lowest BCUT2D eigenvalue weighted by Gasteiger charge is -2.12. The Kier molecular flexibility index (Phi) is 4.51. The first kappa shape index (κ1) is 13.0. The summed E-state index contributed by atoms with van der Waals surface area (Å²) in [6.07, 6.45) is 0. The van der Waals surface area contributed by atoms with Crippen LogP contribution in [0.15, 0.2) is 41.3 Å². The van der Waals surface area contributed by atoms with E-state index in [2.05, 4.69) is 37.3 Å². The first-order valence-electron chi connectivity index (χ1n) is 5.37. The number of benzene rings is 1. The molecule has 1 heterocycles. The Morgan fingerprint density at radius 1 is 1.24 bits per heavy atom. The Balaban J connectivity index is 2.12. The number of halogens is 1. The van der Waals surface area contributed by atoms with Crippen molar-refractivity contribution in [2.24, 2.45) is 5.73 Å². The van der Waals surface area contributed by atoms with Gasteiger partial charge in [-0.3, -0.25) is 0 Å². The van der Waals surface area contributed by atoms with Crippen molar-refractivity contribution in [3.63, 3.8) is 0 Å². The van der Waals surface area contributed by atoms with E-state index >= 15 is 0 Å². The maximum atomic E-state index is 5.95. The molecule has 2 aromatic rings. The van der Waals surface area contributed by atoms with Gasteiger partial charge in [0.25, 0.3) is 0 Å². The zero-order chi connectivity index (χ0) is 12.3. The third-order valence-electron chi connectivity index (χ3n) is 2.42. The minimum absolute atomic E-state index is 0.287. The van der Waals surface area contributed by atoms with Gasteiger partial charge >= 0.3 is 0 Å². The van der Waals surface area contributed by atoms with Crippen LogP contribution in [-0.4, -0.2) is 6.54 Å². The zero-order valence-electron chi connectivity index (χ0n) is 9.52. The minimum Gasteiger partial charge on any atom is -0.329 e. The van der Waals surface area contributed by atoms with Crippen LogP contribution in [0.4, 0.5) is 0 Å². The molecule has 0 spiro atoms. The Bertz CT molecular complexity index is 478. The molecule has 0 radical (unpaired) electrons. The summed E-state index contributed by atoms with van der Waals surface area (Å²) in [6.45, 7) is 2.71. The molecule has 2 N–H and O–H groups in total. The highest BCUT2D eigenvalue weighted by Gasteiger charge is 2.13. The summed E-state index contributed by atoms with van der Waals surface area (Å²) in [7, 11) is 0. The second-order valence-electron chi connectivity index (χ2n) is 3.80.